The fourth-order valence-corrected chi connectivity index (χ4v) is 1.51. The molecule has 86 valence electrons. The molecule has 1 aliphatic rings. The molecule has 0 unspecified atom stereocenters. The third kappa shape index (κ3) is 2.59. The molecule has 1 aliphatic heterocycles. The van der Waals surface area contributed by atoms with Crippen molar-refractivity contribution in [1.29, 1.82) is 0 Å². The number of nitrogens with one attached hydrogen (secondary N) is 1. The van der Waals surface area contributed by atoms with Crippen molar-refractivity contribution in [2.24, 2.45) is 0 Å². The maximum absolute atomic E-state index is 11.7. The first kappa shape index (κ1) is 11.1. The summed E-state index contributed by atoms with van der Waals surface area (Å²) in [4.78, 5) is 11.7. The Bertz CT molecular complexity index is 357. The highest BCUT2D eigenvalue weighted by Crippen LogP contribution is 2.07. The summed E-state index contributed by atoms with van der Waals surface area (Å²) in [6, 6.07) is 7.59. The molecule has 0 aromatic heterocycles. The molecule has 4 heteroatoms. The normalized spacial score (nSPS) is 15.6. The number of rotatable bonds is 4. The Kier molecular flexibility index (Phi) is 3.54. The molecule has 1 fully saturated rings. The van der Waals surface area contributed by atoms with Gasteiger partial charge in [0, 0.05) is 12.7 Å². The molecule has 0 radical (unpaired) electrons. The second kappa shape index (κ2) is 5.09. The largest absolute Gasteiger partial charge is 0.380 e. The maximum atomic E-state index is 11.7. The standard InChI is InChI=1S/C12H15NO3/c1-15-6-9-2-4-10(5-3-9)12(14)13-11-7-16-8-11/h2-5,11H,6-8H2,1H3,(H,13,14). The summed E-state index contributed by atoms with van der Waals surface area (Å²) < 4.78 is 9.99. The van der Waals surface area contributed by atoms with Gasteiger partial charge in [0.2, 0.25) is 0 Å². The van der Waals surface area contributed by atoms with Crippen LogP contribution in [0.1, 0.15) is 15.9 Å². The predicted octanol–water partition coefficient (Wildman–Crippen LogP) is 0.962. The van der Waals surface area contributed by atoms with Crippen LogP contribution in [0.15, 0.2) is 24.3 Å². The fourth-order valence-electron chi connectivity index (χ4n) is 1.51. The van der Waals surface area contributed by atoms with Gasteiger partial charge in [0.1, 0.15) is 0 Å². The van der Waals surface area contributed by atoms with Gasteiger partial charge in [0.15, 0.2) is 0 Å². The summed E-state index contributed by atoms with van der Waals surface area (Å²) >= 11 is 0. The second-order valence-corrected chi connectivity index (χ2v) is 3.84. The first-order valence-electron chi connectivity index (χ1n) is 5.26. The van der Waals surface area contributed by atoms with Gasteiger partial charge in [-0.05, 0) is 17.7 Å². The minimum atomic E-state index is -0.0442. The number of hydrogen-bond acceptors (Lipinski definition) is 3. The van der Waals surface area contributed by atoms with E-state index in [4.69, 9.17) is 9.47 Å². The lowest BCUT2D eigenvalue weighted by Crippen LogP contribution is -2.48. The van der Waals surface area contributed by atoms with Crippen molar-refractivity contribution in [2.45, 2.75) is 12.6 Å². The predicted molar refractivity (Wildman–Crippen MR) is 59.2 cm³/mol. The Morgan fingerprint density at radius 2 is 2.12 bits per heavy atom. The van der Waals surface area contributed by atoms with E-state index in [-0.39, 0.29) is 11.9 Å². The van der Waals surface area contributed by atoms with Crippen LogP contribution in [0, 0.1) is 0 Å². The smallest absolute Gasteiger partial charge is 0.251 e. The maximum Gasteiger partial charge on any atom is 0.251 e. The average Bonchev–Trinajstić information content (AvgIpc) is 2.25. The van der Waals surface area contributed by atoms with Crippen molar-refractivity contribution < 1.29 is 14.3 Å². The van der Waals surface area contributed by atoms with E-state index in [2.05, 4.69) is 5.32 Å². The highest BCUT2D eigenvalue weighted by Gasteiger charge is 2.20. The molecule has 1 saturated heterocycles. The molecular formula is C12H15NO3. The van der Waals surface area contributed by atoms with Crippen molar-refractivity contribution in [2.75, 3.05) is 20.3 Å². The second-order valence-electron chi connectivity index (χ2n) is 3.84. The van der Waals surface area contributed by atoms with Gasteiger partial charge in [-0.3, -0.25) is 4.79 Å². The molecule has 0 spiro atoms. The molecule has 1 aromatic rings. The SMILES string of the molecule is COCc1ccc(C(=O)NC2COC2)cc1. The van der Waals surface area contributed by atoms with E-state index in [1.165, 1.54) is 0 Å². The van der Waals surface area contributed by atoms with Crippen LogP contribution in [0.5, 0.6) is 0 Å². The van der Waals surface area contributed by atoms with Crippen LogP contribution in [0.4, 0.5) is 0 Å². The topological polar surface area (TPSA) is 47.6 Å². The van der Waals surface area contributed by atoms with Gasteiger partial charge in [-0.15, -0.1) is 0 Å². The monoisotopic (exact) mass is 221 g/mol. The van der Waals surface area contributed by atoms with Crippen LogP contribution in [0.2, 0.25) is 0 Å². The van der Waals surface area contributed by atoms with Crippen LogP contribution in [0.25, 0.3) is 0 Å². The van der Waals surface area contributed by atoms with Crippen molar-refractivity contribution in [3.63, 3.8) is 0 Å². The molecule has 0 saturated carbocycles. The third-order valence-electron chi connectivity index (χ3n) is 2.50. The van der Waals surface area contributed by atoms with E-state index >= 15 is 0 Å². The van der Waals surface area contributed by atoms with Crippen LogP contribution in [0.3, 0.4) is 0 Å². The van der Waals surface area contributed by atoms with Gasteiger partial charge in [-0.25, -0.2) is 0 Å². The molecule has 1 aromatic carbocycles. The Morgan fingerprint density at radius 1 is 1.44 bits per heavy atom. The van der Waals surface area contributed by atoms with E-state index in [0.29, 0.717) is 25.4 Å². The number of benzene rings is 1. The van der Waals surface area contributed by atoms with E-state index < -0.39 is 0 Å². The average molecular weight is 221 g/mol. The summed E-state index contributed by atoms with van der Waals surface area (Å²) in [7, 11) is 1.65. The zero-order chi connectivity index (χ0) is 11.4. The number of ether oxygens (including phenoxy) is 2. The van der Waals surface area contributed by atoms with Crippen LogP contribution in [-0.4, -0.2) is 32.3 Å². The van der Waals surface area contributed by atoms with Crippen LogP contribution in [-0.2, 0) is 16.1 Å². The number of hydrogen-bond donors (Lipinski definition) is 1. The Hall–Kier alpha value is -1.39. The minimum absolute atomic E-state index is 0.0442. The van der Waals surface area contributed by atoms with Gasteiger partial charge < -0.3 is 14.8 Å². The van der Waals surface area contributed by atoms with Gasteiger partial charge in [-0.1, -0.05) is 12.1 Å². The quantitative estimate of drug-likeness (QED) is 0.823. The molecule has 4 nitrogen and oxygen atoms in total. The van der Waals surface area contributed by atoms with E-state index in [1.54, 1.807) is 7.11 Å². The summed E-state index contributed by atoms with van der Waals surface area (Å²) in [6.07, 6.45) is 0. The zero-order valence-corrected chi connectivity index (χ0v) is 9.23. The minimum Gasteiger partial charge on any atom is -0.380 e. The highest BCUT2D eigenvalue weighted by molar-refractivity contribution is 5.94. The molecular weight excluding hydrogens is 206 g/mol. The first-order chi connectivity index (χ1) is 7.79. The number of carbonyl (C=O) groups excluding carboxylic acids is 1. The summed E-state index contributed by atoms with van der Waals surface area (Å²) in [5, 5.41) is 2.89. The molecule has 1 heterocycles. The first-order valence-corrected chi connectivity index (χ1v) is 5.26. The highest BCUT2D eigenvalue weighted by atomic mass is 16.5. The Balaban J connectivity index is 1.94. The molecule has 1 amide bonds. The van der Waals surface area contributed by atoms with E-state index in [0.717, 1.165) is 5.56 Å². The molecule has 1 N–H and O–H groups in total. The van der Waals surface area contributed by atoms with Gasteiger partial charge in [-0.2, -0.15) is 0 Å². The van der Waals surface area contributed by atoms with Gasteiger partial charge in [0.05, 0.1) is 25.9 Å². The zero-order valence-electron chi connectivity index (χ0n) is 9.23. The summed E-state index contributed by atoms with van der Waals surface area (Å²) in [6.45, 7) is 1.80. The Labute approximate surface area is 94.6 Å². The Morgan fingerprint density at radius 3 is 2.62 bits per heavy atom. The van der Waals surface area contributed by atoms with Crippen molar-refractivity contribution in [3.8, 4) is 0 Å². The number of amides is 1. The van der Waals surface area contributed by atoms with Crippen molar-refractivity contribution in [3.05, 3.63) is 35.4 Å². The lowest BCUT2D eigenvalue weighted by atomic mass is 10.1. The number of carbonyl (C=O) groups is 1. The van der Waals surface area contributed by atoms with Crippen molar-refractivity contribution in [1.82, 2.24) is 5.32 Å². The van der Waals surface area contributed by atoms with Crippen LogP contribution < -0.4 is 5.32 Å². The molecule has 0 bridgehead atoms. The van der Waals surface area contributed by atoms with Crippen molar-refractivity contribution >= 4 is 5.91 Å². The van der Waals surface area contributed by atoms with Gasteiger partial charge in [0.25, 0.3) is 5.91 Å². The summed E-state index contributed by atoms with van der Waals surface area (Å²) in [5.74, 6) is -0.0442. The fraction of sp³-hybridized carbons (Fsp3) is 0.417. The molecule has 16 heavy (non-hydrogen) atoms. The van der Waals surface area contributed by atoms with Crippen LogP contribution >= 0.6 is 0 Å². The number of methoxy groups -OCH3 is 1. The molecule has 2 rings (SSSR count). The third-order valence-corrected chi connectivity index (χ3v) is 2.50. The summed E-state index contributed by atoms with van der Waals surface area (Å²) in [5.41, 5.74) is 1.73. The lowest BCUT2D eigenvalue weighted by Gasteiger charge is -2.26. The van der Waals surface area contributed by atoms with E-state index in [9.17, 15) is 4.79 Å². The lowest BCUT2D eigenvalue weighted by molar-refractivity contribution is -0.00346. The molecule has 0 aliphatic carbocycles. The van der Waals surface area contributed by atoms with E-state index in [1.807, 2.05) is 24.3 Å². The molecule has 0 atom stereocenters. The van der Waals surface area contributed by atoms with Gasteiger partial charge >= 0.3 is 0 Å².